The number of nitrogens with one attached hydrogen (secondary N) is 1. The van der Waals surface area contributed by atoms with Crippen molar-refractivity contribution in [1.29, 1.82) is 0 Å². The third-order valence-corrected chi connectivity index (χ3v) is 2.83. The summed E-state index contributed by atoms with van der Waals surface area (Å²) in [7, 11) is 0. The van der Waals surface area contributed by atoms with Gasteiger partial charge in [-0.25, -0.2) is 4.79 Å². The molecule has 2 N–H and O–H groups in total. The average Bonchev–Trinajstić information content (AvgIpc) is 2.70. The smallest absolute Gasteiger partial charge is 0.371 e. The van der Waals surface area contributed by atoms with Crippen LogP contribution in [0, 0.1) is 0 Å². The molecule has 0 spiro atoms. The Hall–Kier alpha value is -1.29. The van der Waals surface area contributed by atoms with Crippen LogP contribution in [-0.2, 0) is 0 Å². The molecule has 0 aromatic carbocycles. The lowest BCUT2D eigenvalue weighted by Crippen LogP contribution is -2.30. The maximum absolute atomic E-state index is 10.6. The topological polar surface area (TPSA) is 62.5 Å². The monoisotopic (exact) mass is 209 g/mol. The first-order valence-electron chi connectivity index (χ1n) is 5.11. The minimum Gasteiger partial charge on any atom is -0.475 e. The van der Waals surface area contributed by atoms with Crippen LogP contribution in [0.3, 0.4) is 0 Å². The van der Waals surface area contributed by atoms with E-state index < -0.39 is 5.97 Å². The number of rotatable bonds is 4. The SMILES string of the molecule is CC(NC1(C)CC1)c1ccc(C(=O)O)o1. The van der Waals surface area contributed by atoms with Crippen LogP contribution in [0.4, 0.5) is 0 Å². The molecule has 1 saturated carbocycles. The zero-order valence-electron chi connectivity index (χ0n) is 8.91. The highest BCUT2D eigenvalue weighted by atomic mass is 16.4. The van der Waals surface area contributed by atoms with E-state index in [2.05, 4.69) is 12.2 Å². The van der Waals surface area contributed by atoms with Gasteiger partial charge in [0.05, 0.1) is 6.04 Å². The first-order chi connectivity index (χ1) is 7.00. The van der Waals surface area contributed by atoms with E-state index in [1.54, 1.807) is 6.07 Å². The van der Waals surface area contributed by atoms with Gasteiger partial charge in [0.15, 0.2) is 0 Å². The first-order valence-corrected chi connectivity index (χ1v) is 5.11. The van der Waals surface area contributed by atoms with Gasteiger partial charge >= 0.3 is 5.97 Å². The molecule has 0 aliphatic heterocycles. The second-order valence-corrected chi connectivity index (χ2v) is 4.43. The standard InChI is InChI=1S/C11H15NO3/c1-7(12-11(2)5-6-11)8-3-4-9(15-8)10(13)14/h3-4,7,12H,5-6H2,1-2H3,(H,13,14). The van der Waals surface area contributed by atoms with Gasteiger partial charge in [-0.2, -0.15) is 0 Å². The van der Waals surface area contributed by atoms with Gasteiger partial charge in [-0.15, -0.1) is 0 Å². The Bertz CT molecular complexity index is 379. The second-order valence-electron chi connectivity index (χ2n) is 4.43. The van der Waals surface area contributed by atoms with Crippen molar-refractivity contribution in [3.63, 3.8) is 0 Å². The van der Waals surface area contributed by atoms with Crippen molar-refractivity contribution < 1.29 is 14.3 Å². The molecule has 4 nitrogen and oxygen atoms in total. The van der Waals surface area contributed by atoms with Crippen molar-refractivity contribution in [3.05, 3.63) is 23.7 Å². The van der Waals surface area contributed by atoms with Crippen molar-refractivity contribution in [1.82, 2.24) is 5.32 Å². The molecule has 82 valence electrons. The van der Waals surface area contributed by atoms with E-state index in [-0.39, 0.29) is 17.3 Å². The molecule has 1 unspecified atom stereocenters. The van der Waals surface area contributed by atoms with E-state index in [0.717, 1.165) is 0 Å². The summed E-state index contributed by atoms with van der Waals surface area (Å²) in [6.45, 7) is 4.14. The molecule has 0 radical (unpaired) electrons. The van der Waals surface area contributed by atoms with Crippen molar-refractivity contribution >= 4 is 5.97 Å². The number of aromatic carboxylic acids is 1. The Balaban J connectivity index is 2.04. The van der Waals surface area contributed by atoms with Gasteiger partial charge in [0.25, 0.3) is 0 Å². The van der Waals surface area contributed by atoms with Gasteiger partial charge in [-0.3, -0.25) is 0 Å². The summed E-state index contributed by atoms with van der Waals surface area (Å²) in [5.41, 5.74) is 0.218. The minimum absolute atomic E-state index is 0.000370. The number of furan rings is 1. The Labute approximate surface area is 88.3 Å². The fourth-order valence-electron chi connectivity index (χ4n) is 1.63. The predicted molar refractivity (Wildman–Crippen MR) is 54.9 cm³/mol. The zero-order valence-corrected chi connectivity index (χ0v) is 8.91. The lowest BCUT2D eigenvalue weighted by molar-refractivity contribution is 0.0659. The molecule has 1 aliphatic rings. The van der Waals surface area contributed by atoms with Gasteiger partial charge in [0, 0.05) is 5.54 Å². The maximum Gasteiger partial charge on any atom is 0.371 e. The van der Waals surface area contributed by atoms with Gasteiger partial charge < -0.3 is 14.8 Å². The highest BCUT2D eigenvalue weighted by Crippen LogP contribution is 2.36. The van der Waals surface area contributed by atoms with Crippen molar-refractivity contribution in [3.8, 4) is 0 Å². The zero-order chi connectivity index (χ0) is 11.1. The van der Waals surface area contributed by atoms with E-state index in [9.17, 15) is 4.79 Å². The summed E-state index contributed by atoms with van der Waals surface area (Å²) in [5.74, 6) is -0.341. The van der Waals surface area contributed by atoms with Crippen molar-refractivity contribution in [2.45, 2.75) is 38.3 Å². The molecule has 2 rings (SSSR count). The number of hydrogen-bond acceptors (Lipinski definition) is 3. The molecule has 1 atom stereocenters. The van der Waals surface area contributed by atoms with Gasteiger partial charge in [0.1, 0.15) is 5.76 Å². The lowest BCUT2D eigenvalue weighted by atomic mass is 10.2. The molecule has 15 heavy (non-hydrogen) atoms. The molecule has 1 aromatic heterocycles. The summed E-state index contributed by atoms with van der Waals surface area (Å²) >= 11 is 0. The summed E-state index contributed by atoms with van der Waals surface area (Å²) < 4.78 is 5.22. The highest BCUT2D eigenvalue weighted by molar-refractivity contribution is 5.84. The quantitative estimate of drug-likeness (QED) is 0.797. The summed E-state index contributed by atoms with van der Waals surface area (Å²) in [6, 6.07) is 3.27. The molecular weight excluding hydrogens is 194 g/mol. The Morgan fingerprint density at radius 2 is 2.27 bits per heavy atom. The Kier molecular flexibility index (Phi) is 2.31. The first kappa shape index (κ1) is 10.2. The molecule has 0 amide bonds. The van der Waals surface area contributed by atoms with Crippen LogP contribution in [-0.4, -0.2) is 16.6 Å². The van der Waals surface area contributed by atoms with E-state index in [1.165, 1.54) is 18.9 Å². The lowest BCUT2D eigenvalue weighted by Gasteiger charge is -2.16. The van der Waals surface area contributed by atoms with E-state index in [1.807, 2.05) is 6.92 Å². The summed E-state index contributed by atoms with van der Waals surface area (Å²) in [6.07, 6.45) is 2.34. The van der Waals surface area contributed by atoms with Gasteiger partial charge in [0.2, 0.25) is 5.76 Å². The number of carboxylic acid groups (broad SMARTS) is 1. The third kappa shape index (κ3) is 2.21. The van der Waals surface area contributed by atoms with Crippen LogP contribution >= 0.6 is 0 Å². The molecule has 1 aliphatic carbocycles. The normalized spacial score (nSPS) is 19.9. The van der Waals surface area contributed by atoms with Crippen LogP contribution in [0.15, 0.2) is 16.5 Å². The predicted octanol–water partition coefficient (Wildman–Crippen LogP) is 2.18. The average molecular weight is 209 g/mol. The fraction of sp³-hybridized carbons (Fsp3) is 0.545. The number of carbonyl (C=O) groups is 1. The van der Waals surface area contributed by atoms with Gasteiger partial charge in [-0.05, 0) is 38.8 Å². The molecule has 1 aromatic rings. The highest BCUT2D eigenvalue weighted by Gasteiger charge is 2.38. The molecule has 0 saturated heterocycles. The van der Waals surface area contributed by atoms with Crippen LogP contribution in [0.5, 0.6) is 0 Å². The Morgan fingerprint density at radius 1 is 1.60 bits per heavy atom. The molecular formula is C11H15NO3. The van der Waals surface area contributed by atoms with Crippen LogP contribution < -0.4 is 5.32 Å². The minimum atomic E-state index is -1.02. The summed E-state index contributed by atoms with van der Waals surface area (Å²) in [4.78, 5) is 10.6. The number of hydrogen-bond donors (Lipinski definition) is 2. The molecule has 1 fully saturated rings. The van der Waals surface area contributed by atoms with Crippen LogP contribution in [0.25, 0.3) is 0 Å². The largest absolute Gasteiger partial charge is 0.475 e. The molecule has 4 heteroatoms. The maximum atomic E-state index is 10.6. The third-order valence-electron chi connectivity index (χ3n) is 2.83. The van der Waals surface area contributed by atoms with Gasteiger partial charge in [-0.1, -0.05) is 0 Å². The van der Waals surface area contributed by atoms with Crippen molar-refractivity contribution in [2.24, 2.45) is 0 Å². The summed E-state index contributed by atoms with van der Waals surface area (Å²) in [5, 5.41) is 12.1. The molecule has 0 bridgehead atoms. The molecule has 1 heterocycles. The fourth-order valence-corrected chi connectivity index (χ4v) is 1.63. The Morgan fingerprint density at radius 3 is 2.73 bits per heavy atom. The number of carboxylic acids is 1. The van der Waals surface area contributed by atoms with E-state index in [4.69, 9.17) is 9.52 Å². The van der Waals surface area contributed by atoms with E-state index >= 15 is 0 Å². The van der Waals surface area contributed by atoms with Crippen molar-refractivity contribution in [2.75, 3.05) is 0 Å². The second kappa shape index (κ2) is 3.38. The van der Waals surface area contributed by atoms with Crippen LogP contribution in [0.1, 0.15) is 49.0 Å². The van der Waals surface area contributed by atoms with E-state index in [0.29, 0.717) is 5.76 Å². The van der Waals surface area contributed by atoms with Crippen LogP contribution in [0.2, 0.25) is 0 Å².